The molecule has 20 heteroatoms. The number of ether oxygens (including phenoxy) is 2. The van der Waals surface area contributed by atoms with Gasteiger partial charge in [0.15, 0.2) is 11.5 Å². The van der Waals surface area contributed by atoms with E-state index in [0.29, 0.717) is 17.3 Å². The number of hydrogen-bond acceptors (Lipinski definition) is 3. The van der Waals surface area contributed by atoms with E-state index in [-0.39, 0.29) is 17.9 Å². The Labute approximate surface area is 224 Å². The Balaban J connectivity index is 3.17. The maximum absolute atomic E-state index is 14.0. The summed E-state index contributed by atoms with van der Waals surface area (Å²) >= 11 is 0.362. The summed E-state index contributed by atoms with van der Waals surface area (Å²) in [5.74, 6) is -56.9. The van der Waals surface area contributed by atoms with Gasteiger partial charge in [-0.05, 0) is 29.9 Å². The Morgan fingerprint density at radius 1 is 0.610 bits per heavy atom. The monoisotopic (exact) mass is 658 g/mol. The van der Waals surface area contributed by atoms with E-state index in [1.54, 1.807) is 0 Å². The molecule has 41 heavy (non-hydrogen) atoms. The first-order valence-corrected chi connectivity index (χ1v) is 11.7. The van der Waals surface area contributed by atoms with Gasteiger partial charge < -0.3 is 9.47 Å². The van der Waals surface area contributed by atoms with E-state index in [1.165, 1.54) is 39.3 Å². The molecule has 1 rings (SSSR count). The predicted octanol–water partition coefficient (Wildman–Crippen LogP) is 8.77. The number of methoxy groups -OCH3 is 2. The maximum Gasteiger partial charge on any atom is 0.460 e. The van der Waals surface area contributed by atoms with Crippen molar-refractivity contribution in [2.24, 2.45) is 0 Å². The lowest BCUT2D eigenvalue weighted by Crippen LogP contribution is -2.74. The van der Waals surface area contributed by atoms with Gasteiger partial charge in [-0.2, -0.15) is 86.4 Å². The van der Waals surface area contributed by atoms with Crippen molar-refractivity contribution in [2.75, 3.05) is 20.0 Å². The molecule has 0 saturated carbocycles. The van der Waals surface area contributed by atoms with Crippen LogP contribution in [0, 0.1) is 0 Å². The minimum absolute atomic E-state index is 0.0179. The first-order chi connectivity index (χ1) is 18.1. The van der Waals surface area contributed by atoms with Gasteiger partial charge in [0, 0.05) is 11.7 Å². The molecule has 0 saturated heterocycles. The summed E-state index contributed by atoms with van der Waals surface area (Å²) in [7, 11) is 2.57. The number of halogens is 17. The van der Waals surface area contributed by atoms with Crippen LogP contribution < -0.4 is 9.47 Å². The summed E-state index contributed by atoms with van der Waals surface area (Å²) in [6.07, 6.45) is -10.3. The number of benzene rings is 1. The third kappa shape index (κ3) is 6.21. The van der Waals surface area contributed by atoms with Crippen molar-refractivity contribution in [3.63, 3.8) is 0 Å². The molecule has 0 heterocycles. The van der Waals surface area contributed by atoms with E-state index in [4.69, 9.17) is 9.47 Å². The molecule has 240 valence electrons. The molecule has 0 aliphatic carbocycles. The van der Waals surface area contributed by atoms with Crippen LogP contribution >= 0.6 is 11.8 Å². The van der Waals surface area contributed by atoms with E-state index in [2.05, 4.69) is 0 Å². The predicted molar refractivity (Wildman–Crippen MR) is 110 cm³/mol. The largest absolute Gasteiger partial charge is 0.493 e. The third-order valence-corrected chi connectivity index (χ3v) is 6.75. The molecule has 0 N–H and O–H groups in total. The van der Waals surface area contributed by atoms with Gasteiger partial charge in [0.05, 0.1) is 14.2 Å². The van der Waals surface area contributed by atoms with Crippen LogP contribution in [0.1, 0.15) is 18.9 Å². The molecule has 2 nitrogen and oxygen atoms in total. The van der Waals surface area contributed by atoms with Crippen molar-refractivity contribution >= 4 is 11.8 Å². The van der Waals surface area contributed by atoms with Crippen LogP contribution in [0.3, 0.4) is 0 Å². The van der Waals surface area contributed by atoms with Crippen molar-refractivity contribution in [3.05, 3.63) is 23.8 Å². The normalized spacial score (nSPS) is 15.6. The first kappa shape index (κ1) is 37.0. The van der Waals surface area contributed by atoms with E-state index in [9.17, 15) is 74.6 Å². The van der Waals surface area contributed by atoms with Crippen molar-refractivity contribution in [3.8, 4) is 11.5 Å². The highest BCUT2D eigenvalue weighted by Gasteiger charge is 2.95. The third-order valence-electron chi connectivity index (χ3n) is 5.58. The van der Waals surface area contributed by atoms with Crippen LogP contribution in [-0.4, -0.2) is 72.9 Å². The molecule has 1 aromatic carbocycles. The molecule has 1 unspecified atom stereocenters. The quantitative estimate of drug-likeness (QED) is 0.186. The van der Waals surface area contributed by atoms with Crippen LogP contribution in [0.15, 0.2) is 18.2 Å². The molecular formula is C21H19F17O2S. The highest BCUT2D eigenvalue weighted by atomic mass is 32.2. The molecule has 0 aromatic heterocycles. The van der Waals surface area contributed by atoms with Crippen LogP contribution in [0.25, 0.3) is 0 Å². The smallest absolute Gasteiger partial charge is 0.460 e. The average molecular weight is 658 g/mol. The Morgan fingerprint density at radius 2 is 1.02 bits per heavy atom. The van der Waals surface area contributed by atoms with Crippen molar-refractivity contribution in [1.82, 2.24) is 0 Å². The minimum Gasteiger partial charge on any atom is -0.493 e. The average Bonchev–Trinajstić information content (AvgIpc) is 2.82. The fourth-order valence-electron chi connectivity index (χ4n) is 3.14. The number of rotatable bonds is 14. The van der Waals surface area contributed by atoms with Gasteiger partial charge in [0.25, 0.3) is 0 Å². The summed E-state index contributed by atoms with van der Waals surface area (Å²) in [6.45, 7) is 1.31. The molecule has 0 aliphatic heterocycles. The Bertz CT molecular complexity index is 1040. The van der Waals surface area contributed by atoms with Gasteiger partial charge in [-0.15, -0.1) is 0 Å². The number of thioether (sulfide) groups is 1. The lowest BCUT2D eigenvalue weighted by molar-refractivity contribution is -0.461. The molecule has 1 aromatic rings. The summed E-state index contributed by atoms with van der Waals surface area (Å²) in [6, 6.07) is 4.30. The number of alkyl halides is 17. The second-order valence-electron chi connectivity index (χ2n) is 8.47. The van der Waals surface area contributed by atoms with Crippen LogP contribution in [0.4, 0.5) is 74.6 Å². The van der Waals surface area contributed by atoms with E-state index < -0.39 is 65.1 Å². The Hall–Kier alpha value is -2.02. The topological polar surface area (TPSA) is 18.5 Å². The Kier molecular flexibility index (Phi) is 10.4. The van der Waals surface area contributed by atoms with E-state index in [1.807, 2.05) is 0 Å². The first-order valence-electron chi connectivity index (χ1n) is 10.6. The molecule has 1 atom stereocenters. The lowest BCUT2D eigenvalue weighted by atomic mass is 9.88. The van der Waals surface area contributed by atoms with E-state index in [0.717, 1.165) is 0 Å². The van der Waals surface area contributed by atoms with Crippen molar-refractivity contribution in [1.29, 1.82) is 0 Å². The molecule has 0 spiro atoms. The van der Waals surface area contributed by atoms with Crippen LogP contribution in [-0.2, 0) is 6.42 Å². The second kappa shape index (κ2) is 11.6. The summed E-state index contributed by atoms with van der Waals surface area (Å²) < 4.78 is 237. The minimum atomic E-state index is -8.62. The van der Waals surface area contributed by atoms with Gasteiger partial charge in [0.2, 0.25) is 0 Å². The van der Waals surface area contributed by atoms with Gasteiger partial charge in [-0.25, -0.2) is 0 Å². The summed E-state index contributed by atoms with van der Waals surface area (Å²) in [5, 5.41) is -0.785. The van der Waals surface area contributed by atoms with Crippen molar-refractivity contribution in [2.45, 2.75) is 72.6 Å². The van der Waals surface area contributed by atoms with Crippen LogP contribution in [0.2, 0.25) is 0 Å². The molecule has 0 bridgehead atoms. The molecule has 0 radical (unpaired) electrons. The van der Waals surface area contributed by atoms with Crippen molar-refractivity contribution < 1.29 is 84.1 Å². The standard InChI is InChI=1S/C21H19F17O2S/c1-10(8-11-4-5-12(39-2)13(9-11)40-3)41-7-6-14(22,23)15(24,25)16(26,27)17(28,29)18(30,31)19(32,33)20(34,35)21(36,37)38/h4-5,9-10H,6-8H2,1-3H3. The highest BCUT2D eigenvalue weighted by Crippen LogP contribution is 2.64. The summed E-state index contributed by atoms with van der Waals surface area (Å²) in [5.41, 5.74) is 0.449. The number of hydrogen-bond donors (Lipinski definition) is 0. The summed E-state index contributed by atoms with van der Waals surface area (Å²) in [4.78, 5) is 0. The van der Waals surface area contributed by atoms with Gasteiger partial charge in [0.1, 0.15) is 0 Å². The fourth-order valence-corrected chi connectivity index (χ4v) is 4.23. The molecular weight excluding hydrogens is 639 g/mol. The Morgan fingerprint density at radius 3 is 1.44 bits per heavy atom. The van der Waals surface area contributed by atoms with E-state index >= 15 is 0 Å². The highest BCUT2D eigenvalue weighted by molar-refractivity contribution is 7.99. The molecule has 0 fully saturated rings. The molecule has 0 aliphatic rings. The van der Waals surface area contributed by atoms with Gasteiger partial charge >= 0.3 is 47.6 Å². The zero-order valence-corrected chi connectivity index (χ0v) is 21.4. The SMILES string of the molecule is COc1ccc(CC(C)SCCC(F)(F)C(F)(F)C(F)(F)C(F)(F)C(F)(F)C(F)(F)C(F)(F)C(F)(F)F)cc1OC. The maximum atomic E-state index is 14.0. The lowest BCUT2D eigenvalue weighted by Gasteiger charge is -2.42. The zero-order valence-electron chi connectivity index (χ0n) is 20.6. The fraction of sp³-hybridized carbons (Fsp3) is 0.714. The van der Waals surface area contributed by atoms with Gasteiger partial charge in [-0.1, -0.05) is 13.0 Å². The van der Waals surface area contributed by atoms with Crippen LogP contribution in [0.5, 0.6) is 11.5 Å². The van der Waals surface area contributed by atoms with Gasteiger partial charge in [-0.3, -0.25) is 0 Å². The zero-order chi connectivity index (χ0) is 32.7. The second-order valence-corrected chi connectivity index (χ2v) is 10.0. The molecule has 0 amide bonds.